The van der Waals surface area contributed by atoms with E-state index in [9.17, 15) is 14.4 Å². The van der Waals surface area contributed by atoms with Crippen LogP contribution in [-0.2, 0) is 14.3 Å². The number of carbonyl (C=O) groups excluding carboxylic acids is 3. The Hall–Kier alpha value is -3.35. The van der Waals surface area contributed by atoms with Gasteiger partial charge in [0.15, 0.2) is 12.4 Å². The monoisotopic (exact) mass is 370 g/mol. The number of para-hydroxylation sites is 1. The van der Waals surface area contributed by atoms with Crippen molar-refractivity contribution in [1.29, 1.82) is 0 Å². The molecule has 2 N–H and O–H groups in total. The molecular formula is C20H22N2O5. The van der Waals surface area contributed by atoms with Crippen molar-refractivity contribution in [3.63, 3.8) is 0 Å². The molecule has 0 bridgehead atoms. The lowest BCUT2D eigenvalue weighted by molar-refractivity contribution is -0.142. The lowest BCUT2D eigenvalue weighted by atomic mass is 10.1. The molecule has 0 radical (unpaired) electrons. The summed E-state index contributed by atoms with van der Waals surface area (Å²) in [4.78, 5) is 34.9. The van der Waals surface area contributed by atoms with Crippen molar-refractivity contribution in [2.45, 2.75) is 13.8 Å². The maximum absolute atomic E-state index is 12.2. The minimum Gasteiger partial charge on any atom is -0.482 e. The topological polar surface area (TPSA) is 93.7 Å². The Morgan fingerprint density at radius 1 is 1.04 bits per heavy atom. The van der Waals surface area contributed by atoms with Gasteiger partial charge in [0.1, 0.15) is 5.75 Å². The molecule has 0 aliphatic carbocycles. The molecule has 2 aromatic rings. The van der Waals surface area contributed by atoms with Gasteiger partial charge in [0, 0.05) is 11.3 Å². The smallest absolute Gasteiger partial charge is 0.343 e. The Balaban J connectivity index is 1.93. The number of Topliss-reactive ketones (excluding diaryl/α,β-unsaturated/α-hetero) is 1. The van der Waals surface area contributed by atoms with Crippen LogP contribution in [0.1, 0.15) is 22.8 Å². The minimum atomic E-state index is -0.461. The summed E-state index contributed by atoms with van der Waals surface area (Å²) in [6.45, 7) is 3.18. The predicted molar refractivity (Wildman–Crippen MR) is 102 cm³/mol. The maximum atomic E-state index is 12.2. The van der Waals surface area contributed by atoms with Crippen LogP contribution in [0, 0.1) is 6.92 Å². The van der Waals surface area contributed by atoms with E-state index in [1.54, 1.807) is 42.5 Å². The molecule has 27 heavy (non-hydrogen) atoms. The second-order valence-electron chi connectivity index (χ2n) is 5.85. The second-order valence-corrected chi connectivity index (χ2v) is 5.85. The quantitative estimate of drug-likeness (QED) is 0.548. The molecular weight excluding hydrogens is 348 g/mol. The van der Waals surface area contributed by atoms with Crippen LogP contribution < -0.4 is 15.4 Å². The molecule has 0 aromatic heterocycles. The predicted octanol–water partition coefficient (Wildman–Crippen LogP) is 2.80. The number of ether oxygens (including phenoxy) is 2. The van der Waals surface area contributed by atoms with E-state index in [0.717, 1.165) is 11.3 Å². The van der Waals surface area contributed by atoms with E-state index in [-0.39, 0.29) is 24.8 Å². The van der Waals surface area contributed by atoms with Crippen molar-refractivity contribution in [1.82, 2.24) is 0 Å². The fourth-order valence-electron chi connectivity index (χ4n) is 2.39. The Bertz CT molecular complexity index is 848. The summed E-state index contributed by atoms with van der Waals surface area (Å²) in [6, 6.07) is 12.1. The van der Waals surface area contributed by atoms with E-state index < -0.39 is 5.97 Å². The molecule has 0 atom stereocenters. The molecule has 0 aliphatic rings. The number of aryl methyl sites for hydroxylation is 1. The van der Waals surface area contributed by atoms with E-state index in [2.05, 4.69) is 15.4 Å². The van der Waals surface area contributed by atoms with E-state index in [4.69, 9.17) is 4.74 Å². The van der Waals surface area contributed by atoms with Crippen molar-refractivity contribution in [3.8, 4) is 5.75 Å². The van der Waals surface area contributed by atoms with Crippen LogP contribution in [0.3, 0.4) is 0 Å². The third-order valence-electron chi connectivity index (χ3n) is 3.80. The number of hydrogen-bond donors (Lipinski definition) is 2. The van der Waals surface area contributed by atoms with E-state index in [1.807, 2.05) is 6.92 Å². The lowest BCUT2D eigenvalue weighted by Crippen LogP contribution is -2.23. The molecule has 7 nitrogen and oxygen atoms in total. The Kier molecular flexibility index (Phi) is 6.93. The van der Waals surface area contributed by atoms with Gasteiger partial charge in [-0.15, -0.1) is 0 Å². The highest BCUT2D eigenvalue weighted by Crippen LogP contribution is 2.21. The number of rotatable bonds is 8. The van der Waals surface area contributed by atoms with Crippen molar-refractivity contribution < 1.29 is 23.9 Å². The molecule has 0 spiro atoms. The molecule has 0 heterocycles. The van der Waals surface area contributed by atoms with Crippen LogP contribution in [-0.4, -0.2) is 37.9 Å². The highest BCUT2D eigenvalue weighted by atomic mass is 16.6. The second kappa shape index (κ2) is 9.38. The summed E-state index contributed by atoms with van der Waals surface area (Å²) in [5.74, 6) is -0.313. The van der Waals surface area contributed by atoms with Crippen LogP contribution in [0.4, 0.5) is 11.4 Å². The summed E-state index contributed by atoms with van der Waals surface area (Å²) >= 11 is 0. The highest BCUT2D eigenvalue weighted by Gasteiger charge is 2.10. The summed E-state index contributed by atoms with van der Waals surface area (Å²) in [6.07, 6.45) is 0. The molecule has 1 amide bonds. The number of ketones is 1. The van der Waals surface area contributed by atoms with Gasteiger partial charge in [-0.3, -0.25) is 9.59 Å². The number of esters is 1. The fraction of sp³-hybridized carbons (Fsp3) is 0.250. The van der Waals surface area contributed by atoms with Crippen molar-refractivity contribution >= 4 is 29.0 Å². The number of carbonyl (C=O) groups is 3. The zero-order valence-corrected chi connectivity index (χ0v) is 15.5. The van der Waals surface area contributed by atoms with Gasteiger partial charge in [-0.25, -0.2) is 4.79 Å². The van der Waals surface area contributed by atoms with Gasteiger partial charge < -0.3 is 20.1 Å². The fourth-order valence-corrected chi connectivity index (χ4v) is 2.39. The first-order valence-corrected chi connectivity index (χ1v) is 8.34. The summed E-state index contributed by atoms with van der Waals surface area (Å²) in [5.41, 5.74) is 2.57. The molecule has 0 aliphatic heterocycles. The lowest BCUT2D eigenvalue weighted by Gasteiger charge is -2.13. The SMILES string of the molecule is COC(=O)COc1ccc(NCC(=O)Nc2ccccc2C(C)=O)c(C)c1. The molecule has 0 fully saturated rings. The van der Waals surface area contributed by atoms with Crippen molar-refractivity contribution in [2.24, 2.45) is 0 Å². The molecule has 7 heteroatoms. The van der Waals surface area contributed by atoms with Crippen LogP contribution >= 0.6 is 0 Å². The number of hydrogen-bond acceptors (Lipinski definition) is 6. The van der Waals surface area contributed by atoms with Crippen LogP contribution in [0.5, 0.6) is 5.75 Å². The van der Waals surface area contributed by atoms with Gasteiger partial charge >= 0.3 is 5.97 Å². The summed E-state index contributed by atoms with van der Waals surface area (Å²) < 4.78 is 9.84. The molecule has 2 aromatic carbocycles. The van der Waals surface area contributed by atoms with Gasteiger partial charge in [0.05, 0.1) is 19.3 Å². The first-order valence-electron chi connectivity index (χ1n) is 8.34. The Labute approximate surface area is 157 Å². The average Bonchev–Trinajstić information content (AvgIpc) is 2.65. The van der Waals surface area contributed by atoms with Crippen LogP contribution in [0.15, 0.2) is 42.5 Å². The van der Waals surface area contributed by atoms with Crippen LogP contribution in [0.2, 0.25) is 0 Å². The zero-order chi connectivity index (χ0) is 19.8. The van der Waals surface area contributed by atoms with Gasteiger partial charge in [0.2, 0.25) is 5.91 Å². The van der Waals surface area contributed by atoms with Crippen molar-refractivity contribution in [3.05, 3.63) is 53.6 Å². The number of nitrogens with one attached hydrogen (secondary N) is 2. The van der Waals surface area contributed by atoms with Gasteiger partial charge in [-0.1, -0.05) is 12.1 Å². The number of methoxy groups -OCH3 is 1. The standard InChI is InChI=1S/C20H22N2O5/c1-13-10-15(27-12-20(25)26-3)8-9-17(13)21-11-19(24)22-18-7-5-4-6-16(18)14(2)23/h4-10,21H,11-12H2,1-3H3,(H,22,24). The van der Waals surface area contributed by atoms with E-state index >= 15 is 0 Å². The average molecular weight is 370 g/mol. The normalized spacial score (nSPS) is 10.0. The first-order chi connectivity index (χ1) is 12.9. The Morgan fingerprint density at radius 2 is 1.78 bits per heavy atom. The largest absolute Gasteiger partial charge is 0.482 e. The maximum Gasteiger partial charge on any atom is 0.343 e. The van der Waals surface area contributed by atoms with Crippen LogP contribution in [0.25, 0.3) is 0 Å². The van der Waals surface area contributed by atoms with Gasteiger partial charge in [-0.05, 0) is 49.7 Å². The third kappa shape index (κ3) is 5.85. The molecule has 0 unspecified atom stereocenters. The van der Waals surface area contributed by atoms with Gasteiger partial charge in [0.25, 0.3) is 0 Å². The summed E-state index contributed by atoms with van der Waals surface area (Å²) in [7, 11) is 1.30. The number of amides is 1. The zero-order valence-electron chi connectivity index (χ0n) is 15.5. The first kappa shape index (κ1) is 20.0. The number of anilines is 2. The Morgan fingerprint density at radius 3 is 2.44 bits per heavy atom. The third-order valence-corrected chi connectivity index (χ3v) is 3.80. The molecule has 0 saturated heterocycles. The summed E-state index contributed by atoms with van der Waals surface area (Å²) in [5, 5.41) is 5.77. The van der Waals surface area contributed by atoms with E-state index in [0.29, 0.717) is 17.0 Å². The highest BCUT2D eigenvalue weighted by molar-refractivity contribution is 6.04. The van der Waals surface area contributed by atoms with E-state index in [1.165, 1.54) is 14.0 Å². The van der Waals surface area contributed by atoms with Gasteiger partial charge in [-0.2, -0.15) is 0 Å². The molecule has 142 valence electrons. The van der Waals surface area contributed by atoms with Crippen molar-refractivity contribution in [2.75, 3.05) is 30.9 Å². The minimum absolute atomic E-state index is 0.0371. The molecule has 2 rings (SSSR count). The number of benzene rings is 2. The molecule has 0 saturated carbocycles.